The monoisotopic (exact) mass is 228 g/mol. The minimum Gasteiger partial charge on any atom is -0.343 e. The van der Waals surface area contributed by atoms with Crippen molar-refractivity contribution >= 4 is 0 Å². The van der Waals surface area contributed by atoms with E-state index in [1.807, 2.05) is 0 Å². The summed E-state index contributed by atoms with van der Waals surface area (Å²) in [5.74, 6) is 0. The molecule has 0 saturated heterocycles. The number of nitrogens with zero attached hydrogens (tertiary/aromatic N) is 1. The van der Waals surface area contributed by atoms with Crippen LogP contribution in [-0.2, 0) is 6.54 Å². The normalized spacial score (nSPS) is 12.6. The highest BCUT2D eigenvalue weighted by molar-refractivity contribution is 5.21. The van der Waals surface area contributed by atoms with Crippen LogP contribution in [0.3, 0.4) is 0 Å². The molecule has 0 spiro atoms. The Morgan fingerprint density at radius 1 is 1.12 bits per heavy atom. The predicted molar refractivity (Wildman–Crippen MR) is 72.1 cm³/mol. The van der Waals surface area contributed by atoms with Gasteiger partial charge in [0.1, 0.15) is 0 Å². The van der Waals surface area contributed by atoms with Crippen molar-refractivity contribution in [1.29, 1.82) is 0 Å². The Morgan fingerprint density at radius 3 is 2.59 bits per heavy atom. The van der Waals surface area contributed by atoms with E-state index in [9.17, 15) is 0 Å². The average molecular weight is 228 g/mol. The van der Waals surface area contributed by atoms with Crippen molar-refractivity contribution in [1.82, 2.24) is 9.88 Å². The lowest BCUT2D eigenvalue weighted by atomic mass is 10.1. The van der Waals surface area contributed by atoms with Gasteiger partial charge in [0.2, 0.25) is 0 Å². The van der Waals surface area contributed by atoms with E-state index >= 15 is 0 Å². The summed E-state index contributed by atoms with van der Waals surface area (Å²) in [6.45, 7) is 6.31. The van der Waals surface area contributed by atoms with E-state index in [4.69, 9.17) is 0 Å². The number of rotatable bonds is 5. The molecule has 1 atom stereocenters. The fraction of sp³-hybridized carbons (Fsp3) is 0.333. The van der Waals surface area contributed by atoms with Crippen molar-refractivity contribution in [2.24, 2.45) is 0 Å². The molecular formula is C15H20N2. The van der Waals surface area contributed by atoms with Crippen molar-refractivity contribution in [2.45, 2.75) is 26.4 Å². The largest absolute Gasteiger partial charge is 0.343 e. The lowest BCUT2D eigenvalue weighted by molar-refractivity contribution is 0.584. The van der Waals surface area contributed by atoms with Crippen LogP contribution in [0.15, 0.2) is 48.7 Å². The van der Waals surface area contributed by atoms with Crippen molar-refractivity contribution in [3.8, 4) is 0 Å². The van der Waals surface area contributed by atoms with Gasteiger partial charge in [-0.2, -0.15) is 0 Å². The van der Waals surface area contributed by atoms with Crippen LogP contribution in [0.1, 0.15) is 31.1 Å². The van der Waals surface area contributed by atoms with E-state index < -0.39 is 0 Å². The maximum absolute atomic E-state index is 3.38. The molecule has 17 heavy (non-hydrogen) atoms. The second kappa shape index (κ2) is 5.69. The van der Waals surface area contributed by atoms with Gasteiger partial charge in [-0.1, -0.05) is 37.3 Å². The Hall–Kier alpha value is -1.54. The number of benzene rings is 1. The Morgan fingerprint density at radius 2 is 1.88 bits per heavy atom. The highest BCUT2D eigenvalue weighted by atomic mass is 15.0. The first-order valence-corrected chi connectivity index (χ1v) is 6.24. The zero-order chi connectivity index (χ0) is 12.1. The summed E-state index contributed by atoms with van der Waals surface area (Å²) in [4.78, 5) is 0. The van der Waals surface area contributed by atoms with Crippen LogP contribution in [0, 0.1) is 0 Å². The topological polar surface area (TPSA) is 17.0 Å². The second-order valence-electron chi connectivity index (χ2n) is 4.27. The summed E-state index contributed by atoms with van der Waals surface area (Å²) < 4.78 is 2.33. The highest BCUT2D eigenvalue weighted by Gasteiger charge is 2.09. The summed E-state index contributed by atoms with van der Waals surface area (Å²) in [5.41, 5.74) is 2.68. The molecular weight excluding hydrogens is 208 g/mol. The third-order valence-electron chi connectivity index (χ3n) is 3.12. The lowest BCUT2D eigenvalue weighted by Crippen LogP contribution is -2.17. The predicted octanol–water partition coefficient (Wildman–Crippen LogP) is 3.21. The Balaban J connectivity index is 2.19. The third kappa shape index (κ3) is 2.77. The summed E-state index contributed by atoms with van der Waals surface area (Å²) in [6.07, 6.45) is 2.16. The second-order valence-corrected chi connectivity index (χ2v) is 4.27. The molecule has 0 saturated carbocycles. The Bertz CT molecular complexity index is 445. The van der Waals surface area contributed by atoms with E-state index in [1.165, 1.54) is 11.3 Å². The van der Waals surface area contributed by atoms with Crippen molar-refractivity contribution in [2.75, 3.05) is 6.54 Å². The van der Waals surface area contributed by atoms with E-state index in [1.54, 1.807) is 0 Å². The first kappa shape index (κ1) is 11.9. The SMILES string of the molecule is CCNCc1cccn1[C@@H](C)c1ccccc1. The van der Waals surface area contributed by atoms with Gasteiger partial charge >= 0.3 is 0 Å². The van der Waals surface area contributed by atoms with Gasteiger partial charge < -0.3 is 9.88 Å². The molecule has 0 amide bonds. The smallest absolute Gasteiger partial charge is 0.0555 e. The molecule has 0 aliphatic rings. The van der Waals surface area contributed by atoms with Crippen LogP contribution in [0.5, 0.6) is 0 Å². The van der Waals surface area contributed by atoms with Crippen molar-refractivity contribution < 1.29 is 0 Å². The number of hydrogen-bond acceptors (Lipinski definition) is 1. The molecule has 1 N–H and O–H groups in total. The van der Waals surface area contributed by atoms with E-state index in [0.717, 1.165) is 13.1 Å². The van der Waals surface area contributed by atoms with E-state index in [2.05, 4.69) is 72.4 Å². The van der Waals surface area contributed by atoms with Gasteiger partial charge in [0.15, 0.2) is 0 Å². The molecule has 1 aromatic carbocycles. The molecule has 0 fully saturated rings. The van der Waals surface area contributed by atoms with Gasteiger partial charge in [0, 0.05) is 18.4 Å². The molecule has 2 rings (SSSR count). The zero-order valence-electron chi connectivity index (χ0n) is 10.6. The third-order valence-corrected chi connectivity index (χ3v) is 3.12. The zero-order valence-corrected chi connectivity index (χ0v) is 10.6. The molecule has 2 nitrogen and oxygen atoms in total. The van der Waals surface area contributed by atoms with Crippen molar-refractivity contribution in [3.63, 3.8) is 0 Å². The Kier molecular flexibility index (Phi) is 3.99. The average Bonchev–Trinajstić information content (AvgIpc) is 2.84. The molecule has 0 unspecified atom stereocenters. The van der Waals surface area contributed by atoms with Crippen LogP contribution in [-0.4, -0.2) is 11.1 Å². The quantitative estimate of drug-likeness (QED) is 0.831. The van der Waals surface area contributed by atoms with E-state index in [-0.39, 0.29) is 0 Å². The minimum absolute atomic E-state index is 0.389. The van der Waals surface area contributed by atoms with Gasteiger partial charge in [0.05, 0.1) is 6.04 Å². The first-order valence-electron chi connectivity index (χ1n) is 6.24. The highest BCUT2D eigenvalue weighted by Crippen LogP contribution is 2.19. The molecule has 2 aromatic rings. The van der Waals surface area contributed by atoms with Gasteiger partial charge in [0.25, 0.3) is 0 Å². The summed E-state index contributed by atoms with van der Waals surface area (Å²) in [7, 11) is 0. The maximum Gasteiger partial charge on any atom is 0.0555 e. The molecule has 0 bridgehead atoms. The summed E-state index contributed by atoms with van der Waals surface area (Å²) in [5, 5.41) is 3.38. The molecule has 1 aromatic heterocycles. The number of nitrogens with one attached hydrogen (secondary N) is 1. The molecule has 0 radical (unpaired) electrons. The summed E-state index contributed by atoms with van der Waals surface area (Å²) in [6, 6.07) is 15.3. The lowest BCUT2D eigenvalue weighted by Gasteiger charge is -2.18. The summed E-state index contributed by atoms with van der Waals surface area (Å²) >= 11 is 0. The Labute approximate surface area is 103 Å². The fourth-order valence-electron chi connectivity index (χ4n) is 2.10. The van der Waals surface area contributed by atoms with Crippen LogP contribution >= 0.6 is 0 Å². The van der Waals surface area contributed by atoms with E-state index in [0.29, 0.717) is 6.04 Å². The number of hydrogen-bond donors (Lipinski definition) is 1. The van der Waals surface area contributed by atoms with Crippen LogP contribution in [0.2, 0.25) is 0 Å². The number of aromatic nitrogens is 1. The van der Waals surface area contributed by atoms with Crippen molar-refractivity contribution in [3.05, 3.63) is 59.9 Å². The molecule has 0 aliphatic heterocycles. The molecule has 0 aliphatic carbocycles. The van der Waals surface area contributed by atoms with Gasteiger partial charge in [-0.25, -0.2) is 0 Å². The van der Waals surface area contributed by atoms with Gasteiger partial charge in [-0.3, -0.25) is 0 Å². The van der Waals surface area contributed by atoms with Gasteiger partial charge in [-0.15, -0.1) is 0 Å². The van der Waals surface area contributed by atoms with Crippen LogP contribution in [0.4, 0.5) is 0 Å². The standard InChI is InChI=1S/C15H20N2/c1-3-16-12-15-10-7-11-17(15)13(2)14-8-5-4-6-9-14/h4-11,13,16H,3,12H2,1-2H3/t13-/m0/s1. The van der Waals surface area contributed by atoms with Crippen LogP contribution < -0.4 is 5.32 Å². The molecule has 90 valence electrons. The maximum atomic E-state index is 3.38. The molecule has 1 heterocycles. The van der Waals surface area contributed by atoms with Gasteiger partial charge in [-0.05, 0) is 31.2 Å². The van der Waals surface area contributed by atoms with Crippen LogP contribution in [0.25, 0.3) is 0 Å². The fourth-order valence-corrected chi connectivity index (χ4v) is 2.10. The molecule has 2 heteroatoms. The minimum atomic E-state index is 0.389. The first-order chi connectivity index (χ1) is 8.33.